The zero-order valence-corrected chi connectivity index (χ0v) is 15.5. The van der Waals surface area contributed by atoms with Crippen LogP contribution in [0.2, 0.25) is 5.02 Å². The first-order valence-electron chi connectivity index (χ1n) is 7.85. The molecule has 0 saturated carbocycles. The molecule has 7 nitrogen and oxygen atoms in total. The zero-order chi connectivity index (χ0) is 19.6. The molecule has 0 spiro atoms. The Balaban J connectivity index is 2.39. The van der Waals surface area contributed by atoms with Crippen LogP contribution in [0.25, 0.3) is 22.6 Å². The van der Waals surface area contributed by atoms with Gasteiger partial charge < -0.3 is 14.0 Å². The Morgan fingerprint density at radius 3 is 2.30 bits per heavy atom. The van der Waals surface area contributed by atoms with Crippen molar-refractivity contribution < 1.29 is 23.6 Å². The second-order valence-electron chi connectivity index (χ2n) is 5.59. The Labute approximate surface area is 159 Å². The minimum Gasteiger partial charge on any atom is -0.465 e. The summed E-state index contributed by atoms with van der Waals surface area (Å²) in [5.74, 6) is -1.17. The lowest BCUT2D eigenvalue weighted by molar-refractivity contribution is 0.0555. The van der Waals surface area contributed by atoms with Gasteiger partial charge in [-0.05, 0) is 19.1 Å². The molecule has 8 heteroatoms. The Morgan fingerprint density at radius 2 is 1.74 bits per heavy atom. The fourth-order valence-corrected chi connectivity index (χ4v) is 2.76. The fraction of sp³-hybridized carbons (Fsp3) is 0.158. The second-order valence-corrected chi connectivity index (χ2v) is 6.03. The van der Waals surface area contributed by atoms with E-state index in [1.54, 1.807) is 37.3 Å². The van der Waals surface area contributed by atoms with Crippen LogP contribution in [0.1, 0.15) is 26.4 Å². The quantitative estimate of drug-likeness (QED) is 0.627. The number of methoxy groups -OCH3 is 2. The predicted molar refractivity (Wildman–Crippen MR) is 97.6 cm³/mol. The van der Waals surface area contributed by atoms with E-state index < -0.39 is 11.9 Å². The maximum Gasteiger partial charge on any atom is 0.340 e. The molecule has 3 rings (SSSR count). The number of hydrogen-bond donors (Lipinski definition) is 0. The fourth-order valence-electron chi connectivity index (χ4n) is 2.64. The molecule has 0 atom stereocenters. The van der Waals surface area contributed by atoms with Crippen molar-refractivity contribution in [2.75, 3.05) is 14.2 Å². The van der Waals surface area contributed by atoms with Gasteiger partial charge in [-0.2, -0.15) is 0 Å². The van der Waals surface area contributed by atoms with Crippen LogP contribution >= 0.6 is 11.6 Å². The van der Waals surface area contributed by atoms with Crippen LogP contribution in [-0.2, 0) is 9.47 Å². The first-order chi connectivity index (χ1) is 13.0. The minimum absolute atomic E-state index is 0.0135. The van der Waals surface area contributed by atoms with Crippen LogP contribution in [0.5, 0.6) is 0 Å². The molecule has 0 N–H and O–H groups in total. The molecule has 27 heavy (non-hydrogen) atoms. The average molecular weight is 387 g/mol. The van der Waals surface area contributed by atoms with Crippen LogP contribution in [0, 0.1) is 6.92 Å². The third-order valence-electron chi connectivity index (χ3n) is 3.87. The van der Waals surface area contributed by atoms with Crippen LogP contribution in [0.4, 0.5) is 0 Å². The van der Waals surface area contributed by atoms with Crippen molar-refractivity contribution in [1.29, 1.82) is 0 Å². The topological polar surface area (TPSA) is 91.5 Å². The van der Waals surface area contributed by atoms with Crippen LogP contribution in [0.15, 0.2) is 41.1 Å². The van der Waals surface area contributed by atoms with Crippen molar-refractivity contribution in [3.8, 4) is 22.6 Å². The summed E-state index contributed by atoms with van der Waals surface area (Å²) in [4.78, 5) is 29.1. The van der Waals surface area contributed by atoms with Crippen LogP contribution in [-0.4, -0.2) is 36.3 Å². The highest BCUT2D eigenvalue weighted by Crippen LogP contribution is 2.36. The second kappa shape index (κ2) is 7.59. The molecule has 0 saturated heterocycles. The van der Waals surface area contributed by atoms with Crippen molar-refractivity contribution in [2.45, 2.75) is 6.92 Å². The number of pyridine rings is 1. The van der Waals surface area contributed by atoms with Gasteiger partial charge in [-0.25, -0.2) is 9.59 Å². The van der Waals surface area contributed by atoms with Crippen molar-refractivity contribution in [3.63, 3.8) is 0 Å². The van der Waals surface area contributed by atoms with E-state index in [0.717, 1.165) is 0 Å². The van der Waals surface area contributed by atoms with Gasteiger partial charge >= 0.3 is 11.9 Å². The van der Waals surface area contributed by atoms with Gasteiger partial charge in [-0.3, -0.25) is 4.98 Å². The van der Waals surface area contributed by atoms with E-state index in [1.165, 1.54) is 20.4 Å². The largest absolute Gasteiger partial charge is 0.465 e. The molecule has 0 fully saturated rings. The highest BCUT2D eigenvalue weighted by Gasteiger charge is 2.29. The summed E-state index contributed by atoms with van der Waals surface area (Å²) in [6.45, 7) is 1.74. The number of ether oxygens (including phenoxy) is 2. The van der Waals surface area contributed by atoms with Crippen molar-refractivity contribution in [1.82, 2.24) is 10.1 Å². The lowest BCUT2D eigenvalue weighted by Gasteiger charge is -2.14. The molecule has 0 amide bonds. The Morgan fingerprint density at radius 1 is 1.07 bits per heavy atom. The Kier molecular flexibility index (Phi) is 5.23. The molecule has 0 aliphatic heterocycles. The summed E-state index contributed by atoms with van der Waals surface area (Å²) in [7, 11) is 2.44. The van der Waals surface area contributed by atoms with E-state index in [1.807, 2.05) is 0 Å². The zero-order valence-electron chi connectivity index (χ0n) is 14.8. The summed E-state index contributed by atoms with van der Waals surface area (Å²) in [6.07, 6.45) is 1.27. The molecule has 0 aliphatic rings. The van der Waals surface area contributed by atoms with Crippen molar-refractivity contribution >= 4 is 23.5 Å². The van der Waals surface area contributed by atoms with Gasteiger partial charge in [0.25, 0.3) is 0 Å². The summed E-state index contributed by atoms with van der Waals surface area (Å²) in [5, 5.41) is 4.42. The first-order valence-corrected chi connectivity index (χ1v) is 8.23. The lowest BCUT2D eigenvalue weighted by Crippen LogP contribution is -2.15. The molecule has 2 heterocycles. The number of rotatable bonds is 4. The number of benzene rings is 1. The molecule has 138 valence electrons. The number of carbonyl (C=O) groups is 2. The molecule has 0 radical (unpaired) electrons. The summed E-state index contributed by atoms with van der Waals surface area (Å²) >= 11 is 5.96. The van der Waals surface area contributed by atoms with E-state index in [0.29, 0.717) is 22.0 Å². The number of aromatic nitrogens is 2. The smallest absolute Gasteiger partial charge is 0.340 e. The van der Waals surface area contributed by atoms with E-state index in [4.69, 9.17) is 25.6 Å². The van der Waals surface area contributed by atoms with Gasteiger partial charge in [-0.1, -0.05) is 28.9 Å². The SMILES string of the molecule is COC(=O)c1cnc(-c2ccc(Cl)cc2)c(-c2cc(C)no2)c1C(=O)OC. The van der Waals surface area contributed by atoms with Gasteiger partial charge in [-0.15, -0.1) is 0 Å². The number of halogens is 1. The average Bonchev–Trinajstić information content (AvgIpc) is 3.12. The molecular weight excluding hydrogens is 372 g/mol. The van der Waals surface area contributed by atoms with Gasteiger partial charge in [0.2, 0.25) is 0 Å². The minimum atomic E-state index is -0.725. The lowest BCUT2D eigenvalue weighted by atomic mass is 9.95. The maximum absolute atomic E-state index is 12.6. The first kappa shape index (κ1) is 18.6. The van der Waals surface area contributed by atoms with E-state index in [-0.39, 0.29) is 22.5 Å². The van der Waals surface area contributed by atoms with E-state index in [2.05, 4.69) is 10.1 Å². The van der Waals surface area contributed by atoms with Gasteiger partial charge in [0.1, 0.15) is 0 Å². The molecule has 0 aliphatic carbocycles. The number of carbonyl (C=O) groups excluding carboxylic acids is 2. The number of hydrogen-bond acceptors (Lipinski definition) is 7. The van der Waals surface area contributed by atoms with Gasteiger partial charge in [0, 0.05) is 22.8 Å². The number of esters is 2. The predicted octanol–water partition coefficient (Wildman–Crippen LogP) is 3.94. The van der Waals surface area contributed by atoms with Crippen molar-refractivity contribution in [2.24, 2.45) is 0 Å². The van der Waals surface area contributed by atoms with Crippen LogP contribution in [0.3, 0.4) is 0 Å². The van der Waals surface area contributed by atoms with Crippen molar-refractivity contribution in [3.05, 3.63) is 58.4 Å². The highest BCUT2D eigenvalue weighted by atomic mass is 35.5. The molecule has 1 aromatic carbocycles. The molecular formula is C19H15ClN2O5. The maximum atomic E-state index is 12.6. The molecule has 3 aromatic rings. The molecule has 0 bridgehead atoms. The monoisotopic (exact) mass is 386 g/mol. The standard InChI is InChI=1S/C19H15ClN2O5/c1-10-8-14(27-22-10)16-15(19(24)26-3)13(18(23)25-2)9-21-17(16)11-4-6-12(20)7-5-11/h4-9H,1-3H3. The normalized spacial score (nSPS) is 10.5. The number of aryl methyl sites for hydroxylation is 1. The third-order valence-corrected chi connectivity index (χ3v) is 4.12. The van der Waals surface area contributed by atoms with Gasteiger partial charge in [0.15, 0.2) is 5.76 Å². The molecule has 0 unspecified atom stereocenters. The van der Waals surface area contributed by atoms with E-state index >= 15 is 0 Å². The Hall–Kier alpha value is -3.19. The Bertz CT molecular complexity index is 1010. The summed E-state index contributed by atoms with van der Waals surface area (Å²) < 4.78 is 15.0. The summed E-state index contributed by atoms with van der Waals surface area (Å²) in [5.41, 5.74) is 1.92. The number of nitrogens with zero attached hydrogens (tertiary/aromatic N) is 2. The third kappa shape index (κ3) is 3.54. The highest BCUT2D eigenvalue weighted by molar-refractivity contribution is 6.30. The van der Waals surface area contributed by atoms with Gasteiger partial charge in [0.05, 0.1) is 42.3 Å². The van der Waals surface area contributed by atoms with E-state index in [9.17, 15) is 9.59 Å². The van der Waals surface area contributed by atoms with Crippen LogP contribution < -0.4 is 0 Å². The summed E-state index contributed by atoms with van der Waals surface area (Å²) in [6, 6.07) is 8.52. The molecule has 2 aromatic heterocycles.